The second-order valence-electron chi connectivity index (χ2n) is 2.74. The molecule has 0 fully saturated rings. The summed E-state index contributed by atoms with van der Waals surface area (Å²) >= 11 is 0. The van der Waals surface area contributed by atoms with E-state index in [2.05, 4.69) is 0 Å². The topological polar surface area (TPSA) is 44.8 Å². The second kappa shape index (κ2) is 7.53. The lowest BCUT2D eigenvalue weighted by Gasteiger charge is -2.10. The molecule has 0 unspecified atom stereocenters. The molecule has 0 saturated carbocycles. The van der Waals surface area contributed by atoms with Crippen LogP contribution in [0.1, 0.15) is 20.3 Å². The average molecular weight is 202 g/mol. The highest BCUT2D eigenvalue weighted by Crippen LogP contribution is 2.04. The van der Waals surface area contributed by atoms with Crippen molar-refractivity contribution in [2.45, 2.75) is 26.6 Å². The molecule has 0 aliphatic carbocycles. The molecule has 82 valence electrons. The summed E-state index contributed by atoms with van der Waals surface area (Å²) in [6, 6.07) is 0. The van der Waals surface area contributed by atoms with Crippen molar-refractivity contribution in [3.05, 3.63) is 11.6 Å². The number of ether oxygens (including phenoxy) is 3. The summed E-state index contributed by atoms with van der Waals surface area (Å²) in [5, 5.41) is 0. The van der Waals surface area contributed by atoms with Crippen LogP contribution in [-0.4, -0.2) is 33.1 Å². The number of rotatable bonds is 6. The van der Waals surface area contributed by atoms with Crippen molar-refractivity contribution in [3.8, 4) is 0 Å². The van der Waals surface area contributed by atoms with Crippen LogP contribution in [0.3, 0.4) is 0 Å². The van der Waals surface area contributed by atoms with E-state index in [0.29, 0.717) is 18.6 Å². The third-order valence-electron chi connectivity index (χ3n) is 1.74. The van der Waals surface area contributed by atoms with Gasteiger partial charge in [0.05, 0.1) is 6.61 Å². The fraction of sp³-hybridized carbons (Fsp3) is 0.700. The van der Waals surface area contributed by atoms with E-state index >= 15 is 0 Å². The predicted octanol–water partition coefficient (Wildman–Crippen LogP) is 1.50. The van der Waals surface area contributed by atoms with Crippen LogP contribution in [0.2, 0.25) is 0 Å². The molecule has 4 nitrogen and oxygen atoms in total. The Labute approximate surface area is 84.8 Å². The third kappa shape index (κ3) is 4.99. The van der Waals surface area contributed by atoms with E-state index < -0.39 is 0 Å². The maximum absolute atomic E-state index is 11.2. The minimum absolute atomic E-state index is 0.293. The molecule has 4 heteroatoms. The normalized spacial score (nSPS) is 11.9. The van der Waals surface area contributed by atoms with Gasteiger partial charge < -0.3 is 14.2 Å². The van der Waals surface area contributed by atoms with E-state index in [0.717, 1.165) is 0 Å². The monoisotopic (exact) mass is 202 g/mol. The Morgan fingerprint density at radius 2 is 1.93 bits per heavy atom. The van der Waals surface area contributed by atoms with Crippen molar-refractivity contribution < 1.29 is 19.0 Å². The summed E-state index contributed by atoms with van der Waals surface area (Å²) < 4.78 is 14.8. The van der Waals surface area contributed by atoms with Crippen LogP contribution in [0.15, 0.2) is 11.6 Å². The first kappa shape index (κ1) is 13.1. The molecule has 0 rings (SSSR count). The summed E-state index contributed by atoms with van der Waals surface area (Å²) in [6.07, 6.45) is 1.98. The predicted molar refractivity (Wildman–Crippen MR) is 52.8 cm³/mol. The molecule has 0 aromatic rings. The largest absolute Gasteiger partial charge is 0.463 e. The van der Waals surface area contributed by atoms with Crippen LogP contribution in [0.4, 0.5) is 0 Å². The van der Waals surface area contributed by atoms with Crippen LogP contribution in [0, 0.1) is 0 Å². The second-order valence-corrected chi connectivity index (χ2v) is 2.74. The Balaban J connectivity index is 4.03. The fourth-order valence-electron chi connectivity index (χ4n) is 0.890. The minimum atomic E-state index is -0.306. The SMILES string of the molecule is CCOC(=O)/C(C)=C/CC(OC)OC. The lowest BCUT2D eigenvalue weighted by molar-refractivity contribution is -0.138. The molecule has 14 heavy (non-hydrogen) atoms. The van der Waals surface area contributed by atoms with E-state index in [9.17, 15) is 4.79 Å². The molecule has 0 amide bonds. The van der Waals surface area contributed by atoms with Gasteiger partial charge >= 0.3 is 5.97 Å². The highest BCUT2D eigenvalue weighted by Gasteiger charge is 2.07. The molecule has 0 atom stereocenters. The van der Waals surface area contributed by atoms with Crippen LogP contribution >= 0.6 is 0 Å². The smallest absolute Gasteiger partial charge is 0.333 e. The number of hydrogen-bond acceptors (Lipinski definition) is 4. The van der Waals surface area contributed by atoms with Gasteiger partial charge in [-0.05, 0) is 13.8 Å². The molecule has 0 radical (unpaired) electrons. The van der Waals surface area contributed by atoms with Gasteiger partial charge in [-0.2, -0.15) is 0 Å². The summed E-state index contributed by atoms with van der Waals surface area (Å²) in [6.45, 7) is 3.88. The Kier molecular flexibility index (Phi) is 7.06. The van der Waals surface area contributed by atoms with Crippen LogP contribution in [-0.2, 0) is 19.0 Å². The number of esters is 1. The van der Waals surface area contributed by atoms with Gasteiger partial charge in [0.15, 0.2) is 6.29 Å². The fourth-order valence-corrected chi connectivity index (χ4v) is 0.890. The van der Waals surface area contributed by atoms with Crippen molar-refractivity contribution in [2.75, 3.05) is 20.8 Å². The Hall–Kier alpha value is -0.870. The standard InChI is InChI=1S/C10H18O4/c1-5-14-10(11)8(2)6-7-9(12-3)13-4/h6,9H,5,7H2,1-4H3/b8-6+. The van der Waals surface area contributed by atoms with Gasteiger partial charge in [-0.15, -0.1) is 0 Å². The first-order chi connectivity index (χ1) is 6.65. The van der Waals surface area contributed by atoms with Gasteiger partial charge in [-0.1, -0.05) is 6.08 Å². The van der Waals surface area contributed by atoms with E-state index in [1.165, 1.54) is 0 Å². The lowest BCUT2D eigenvalue weighted by Crippen LogP contribution is -2.12. The summed E-state index contributed by atoms with van der Waals surface area (Å²) in [7, 11) is 3.11. The van der Waals surface area contributed by atoms with Crippen LogP contribution in [0.25, 0.3) is 0 Å². The zero-order chi connectivity index (χ0) is 11.0. The van der Waals surface area contributed by atoms with E-state index in [1.54, 1.807) is 34.1 Å². The molecular formula is C10H18O4. The van der Waals surface area contributed by atoms with Gasteiger partial charge in [0.1, 0.15) is 0 Å². The Morgan fingerprint density at radius 3 is 2.36 bits per heavy atom. The van der Waals surface area contributed by atoms with Crippen molar-refractivity contribution in [1.29, 1.82) is 0 Å². The Morgan fingerprint density at radius 1 is 1.36 bits per heavy atom. The highest BCUT2D eigenvalue weighted by molar-refractivity contribution is 5.87. The lowest BCUT2D eigenvalue weighted by atomic mass is 10.2. The number of carbonyl (C=O) groups excluding carboxylic acids is 1. The van der Waals surface area contributed by atoms with E-state index in [-0.39, 0.29) is 12.3 Å². The number of carbonyl (C=O) groups is 1. The molecule has 0 saturated heterocycles. The van der Waals surface area contributed by atoms with Gasteiger partial charge in [-0.3, -0.25) is 0 Å². The van der Waals surface area contributed by atoms with Crippen LogP contribution in [0.5, 0.6) is 0 Å². The zero-order valence-corrected chi connectivity index (χ0v) is 9.20. The average Bonchev–Trinajstić information content (AvgIpc) is 2.19. The van der Waals surface area contributed by atoms with Crippen molar-refractivity contribution in [2.24, 2.45) is 0 Å². The first-order valence-corrected chi connectivity index (χ1v) is 4.55. The first-order valence-electron chi connectivity index (χ1n) is 4.55. The molecule has 0 aromatic heterocycles. The number of hydrogen-bond donors (Lipinski definition) is 0. The molecule has 0 aliphatic heterocycles. The summed E-state index contributed by atoms with van der Waals surface area (Å²) in [5.41, 5.74) is 0.575. The maximum Gasteiger partial charge on any atom is 0.333 e. The number of methoxy groups -OCH3 is 2. The molecule has 0 N–H and O–H groups in total. The summed E-state index contributed by atoms with van der Waals surface area (Å²) in [5.74, 6) is -0.293. The van der Waals surface area contributed by atoms with Gasteiger partial charge in [0, 0.05) is 26.2 Å². The van der Waals surface area contributed by atoms with E-state index in [1.807, 2.05) is 0 Å². The van der Waals surface area contributed by atoms with Crippen molar-refractivity contribution in [1.82, 2.24) is 0 Å². The third-order valence-corrected chi connectivity index (χ3v) is 1.74. The van der Waals surface area contributed by atoms with Crippen LogP contribution < -0.4 is 0 Å². The summed E-state index contributed by atoms with van der Waals surface area (Å²) in [4.78, 5) is 11.2. The van der Waals surface area contributed by atoms with Gasteiger partial charge in [0.2, 0.25) is 0 Å². The molecule has 0 aliphatic rings. The van der Waals surface area contributed by atoms with Gasteiger partial charge in [0.25, 0.3) is 0 Å². The van der Waals surface area contributed by atoms with Gasteiger partial charge in [-0.25, -0.2) is 4.79 Å². The van der Waals surface area contributed by atoms with Crippen molar-refractivity contribution in [3.63, 3.8) is 0 Å². The molecule has 0 spiro atoms. The van der Waals surface area contributed by atoms with E-state index in [4.69, 9.17) is 14.2 Å². The zero-order valence-electron chi connectivity index (χ0n) is 9.20. The Bertz CT molecular complexity index is 194. The molecule has 0 heterocycles. The minimum Gasteiger partial charge on any atom is -0.463 e. The molecular weight excluding hydrogens is 184 g/mol. The highest BCUT2D eigenvalue weighted by atomic mass is 16.7. The molecule has 0 bridgehead atoms. The molecule has 0 aromatic carbocycles. The van der Waals surface area contributed by atoms with Crippen molar-refractivity contribution >= 4 is 5.97 Å². The quantitative estimate of drug-likeness (QED) is 0.372. The maximum atomic E-state index is 11.2.